The van der Waals surface area contributed by atoms with E-state index >= 15 is 0 Å². The third-order valence-corrected chi connectivity index (χ3v) is 3.27. The number of hydrogen-bond donors (Lipinski definition) is 1. The van der Waals surface area contributed by atoms with E-state index in [2.05, 4.69) is 10.1 Å². The van der Waals surface area contributed by atoms with Crippen molar-refractivity contribution in [2.45, 2.75) is 26.8 Å². The van der Waals surface area contributed by atoms with Gasteiger partial charge in [0.1, 0.15) is 11.5 Å². The number of nitrogens with zero attached hydrogens (tertiary/aromatic N) is 3. The number of carbonyl (C=O) groups is 1. The van der Waals surface area contributed by atoms with Gasteiger partial charge in [-0.15, -0.1) is 0 Å². The molecule has 0 unspecified atom stereocenters. The Bertz CT molecular complexity index is 817. The summed E-state index contributed by atoms with van der Waals surface area (Å²) < 4.78 is 7.27. The number of hydrogen-bond acceptors (Lipinski definition) is 4. The summed E-state index contributed by atoms with van der Waals surface area (Å²) >= 11 is 0. The molecule has 3 heterocycles. The highest BCUT2D eigenvalue weighted by molar-refractivity contribution is 6.02. The van der Waals surface area contributed by atoms with Gasteiger partial charge in [0.25, 0.3) is 0 Å². The zero-order valence-electron chi connectivity index (χ0n) is 11.8. The lowest BCUT2D eigenvalue weighted by atomic mass is 10.1. The summed E-state index contributed by atoms with van der Waals surface area (Å²) in [6.07, 6.45) is 2.45. The lowest BCUT2D eigenvalue weighted by molar-refractivity contribution is 0.0699. The number of fused-ring (bicyclic) bond motifs is 1. The Balaban J connectivity index is 2.26. The first-order chi connectivity index (χ1) is 10.1. The molecule has 0 radical (unpaired) electrons. The normalized spacial score (nSPS) is 11.1. The lowest BCUT2D eigenvalue weighted by Gasteiger charge is -2.04. The van der Waals surface area contributed by atoms with E-state index in [1.54, 1.807) is 16.9 Å². The van der Waals surface area contributed by atoms with Gasteiger partial charge >= 0.3 is 5.97 Å². The number of carboxylic acids is 1. The van der Waals surface area contributed by atoms with Crippen molar-refractivity contribution < 1.29 is 14.3 Å². The van der Waals surface area contributed by atoms with Gasteiger partial charge in [-0.05, 0) is 31.5 Å². The molecule has 0 aliphatic rings. The molecule has 0 aliphatic carbocycles. The third kappa shape index (κ3) is 2.29. The Morgan fingerprint density at radius 3 is 2.86 bits per heavy atom. The number of pyridine rings is 1. The van der Waals surface area contributed by atoms with Gasteiger partial charge in [-0.3, -0.25) is 0 Å². The number of aromatic nitrogens is 3. The molecule has 0 atom stereocenters. The van der Waals surface area contributed by atoms with E-state index in [9.17, 15) is 9.90 Å². The van der Waals surface area contributed by atoms with Crippen molar-refractivity contribution in [2.24, 2.45) is 0 Å². The van der Waals surface area contributed by atoms with Crippen molar-refractivity contribution in [2.75, 3.05) is 0 Å². The lowest BCUT2D eigenvalue weighted by Crippen LogP contribution is -2.03. The second-order valence-electron chi connectivity index (χ2n) is 4.88. The molecule has 0 fully saturated rings. The van der Waals surface area contributed by atoms with Crippen LogP contribution in [0.3, 0.4) is 0 Å². The van der Waals surface area contributed by atoms with Crippen LogP contribution in [0, 0.1) is 6.92 Å². The summed E-state index contributed by atoms with van der Waals surface area (Å²) in [5.74, 6) is 0.315. The van der Waals surface area contributed by atoms with E-state index in [4.69, 9.17) is 4.42 Å². The molecule has 0 spiro atoms. The van der Waals surface area contributed by atoms with E-state index in [1.165, 1.54) is 6.07 Å². The van der Waals surface area contributed by atoms with Crippen molar-refractivity contribution in [3.05, 3.63) is 35.7 Å². The van der Waals surface area contributed by atoms with Gasteiger partial charge in [0.05, 0.1) is 17.1 Å². The number of aromatic carboxylic acids is 1. The first-order valence-electron chi connectivity index (χ1n) is 6.77. The van der Waals surface area contributed by atoms with Crippen molar-refractivity contribution in [1.29, 1.82) is 0 Å². The predicted molar refractivity (Wildman–Crippen MR) is 77.2 cm³/mol. The Labute approximate surface area is 121 Å². The molecule has 0 bridgehead atoms. The molecule has 108 valence electrons. The van der Waals surface area contributed by atoms with Crippen LogP contribution >= 0.6 is 0 Å². The third-order valence-electron chi connectivity index (χ3n) is 3.27. The minimum Gasteiger partial charge on any atom is -0.478 e. The van der Waals surface area contributed by atoms with E-state index < -0.39 is 5.97 Å². The first-order valence-corrected chi connectivity index (χ1v) is 6.77. The number of aryl methyl sites for hydroxylation is 2. The quantitative estimate of drug-likeness (QED) is 0.796. The van der Waals surface area contributed by atoms with Gasteiger partial charge in [0.2, 0.25) is 0 Å². The summed E-state index contributed by atoms with van der Waals surface area (Å²) in [6, 6.07) is 5.14. The van der Waals surface area contributed by atoms with E-state index in [0.29, 0.717) is 29.0 Å². The molecule has 0 aromatic carbocycles. The van der Waals surface area contributed by atoms with Crippen LogP contribution in [-0.2, 0) is 6.54 Å². The fraction of sp³-hybridized carbons (Fsp3) is 0.267. The molecule has 1 N–H and O–H groups in total. The summed E-state index contributed by atoms with van der Waals surface area (Å²) in [6.45, 7) is 4.56. The highest BCUT2D eigenvalue weighted by Crippen LogP contribution is 2.26. The van der Waals surface area contributed by atoms with Gasteiger partial charge in [-0.1, -0.05) is 6.92 Å². The molecule has 21 heavy (non-hydrogen) atoms. The van der Waals surface area contributed by atoms with E-state index in [1.807, 2.05) is 19.9 Å². The molecule has 0 saturated carbocycles. The largest absolute Gasteiger partial charge is 0.478 e. The van der Waals surface area contributed by atoms with Gasteiger partial charge in [-0.2, -0.15) is 5.10 Å². The maximum absolute atomic E-state index is 11.5. The number of carboxylic acid groups (broad SMARTS) is 1. The summed E-state index contributed by atoms with van der Waals surface area (Å²) in [4.78, 5) is 16.0. The maximum atomic E-state index is 11.5. The van der Waals surface area contributed by atoms with Gasteiger partial charge < -0.3 is 9.52 Å². The molecular weight excluding hydrogens is 270 g/mol. The minimum absolute atomic E-state index is 0.186. The van der Waals surface area contributed by atoms with Crippen LogP contribution in [0.15, 0.2) is 28.8 Å². The molecular formula is C15H15N3O3. The molecule has 3 rings (SSSR count). The molecule has 6 nitrogen and oxygen atoms in total. The molecule has 0 aliphatic heterocycles. The van der Waals surface area contributed by atoms with E-state index in [0.717, 1.165) is 12.2 Å². The SMILES string of the molecule is CCCn1ncc2c(C(=O)O)cc(-c3ccc(C)o3)nc21. The van der Waals surface area contributed by atoms with Gasteiger partial charge in [0, 0.05) is 6.54 Å². The van der Waals surface area contributed by atoms with Crippen molar-refractivity contribution >= 4 is 17.0 Å². The van der Waals surface area contributed by atoms with Crippen molar-refractivity contribution in [3.8, 4) is 11.5 Å². The fourth-order valence-corrected chi connectivity index (χ4v) is 2.30. The number of rotatable bonds is 4. The van der Waals surface area contributed by atoms with Crippen molar-refractivity contribution in [3.63, 3.8) is 0 Å². The van der Waals surface area contributed by atoms with Gasteiger partial charge in [0.15, 0.2) is 11.4 Å². The van der Waals surface area contributed by atoms with Crippen molar-refractivity contribution in [1.82, 2.24) is 14.8 Å². The second kappa shape index (κ2) is 5.05. The minimum atomic E-state index is -0.997. The average Bonchev–Trinajstić information content (AvgIpc) is 3.05. The smallest absolute Gasteiger partial charge is 0.336 e. The standard InChI is InChI=1S/C15H15N3O3/c1-3-6-18-14-11(8-16-18)10(15(19)20)7-12(17-14)13-5-4-9(2)21-13/h4-5,7-8H,3,6H2,1-2H3,(H,19,20). The van der Waals surface area contributed by atoms with Crippen LogP contribution in [0.25, 0.3) is 22.5 Å². The highest BCUT2D eigenvalue weighted by Gasteiger charge is 2.17. The zero-order chi connectivity index (χ0) is 15.0. The molecule has 0 saturated heterocycles. The molecule has 3 aromatic heterocycles. The first kappa shape index (κ1) is 13.4. The maximum Gasteiger partial charge on any atom is 0.336 e. The highest BCUT2D eigenvalue weighted by atomic mass is 16.4. The van der Waals surface area contributed by atoms with Crippen LogP contribution in [0.5, 0.6) is 0 Å². The molecule has 6 heteroatoms. The van der Waals surface area contributed by atoms with Crippen LogP contribution in [0.4, 0.5) is 0 Å². The molecule has 3 aromatic rings. The second-order valence-corrected chi connectivity index (χ2v) is 4.88. The summed E-state index contributed by atoms with van der Waals surface area (Å²) in [5, 5.41) is 14.2. The average molecular weight is 285 g/mol. The molecule has 0 amide bonds. The summed E-state index contributed by atoms with van der Waals surface area (Å²) in [7, 11) is 0. The van der Waals surface area contributed by atoms with E-state index in [-0.39, 0.29) is 5.56 Å². The monoisotopic (exact) mass is 285 g/mol. The topological polar surface area (TPSA) is 81.2 Å². The van der Waals surface area contributed by atoms with Gasteiger partial charge in [-0.25, -0.2) is 14.5 Å². The Kier molecular flexibility index (Phi) is 3.21. The Morgan fingerprint density at radius 2 is 2.24 bits per heavy atom. The van der Waals surface area contributed by atoms with Crippen LogP contribution in [0.1, 0.15) is 29.5 Å². The fourth-order valence-electron chi connectivity index (χ4n) is 2.30. The number of furan rings is 1. The Hall–Kier alpha value is -2.63. The predicted octanol–water partition coefficient (Wildman–Crippen LogP) is 3.11. The van der Waals surface area contributed by atoms with Crippen LogP contribution < -0.4 is 0 Å². The van der Waals surface area contributed by atoms with Crippen LogP contribution in [0.2, 0.25) is 0 Å². The van der Waals surface area contributed by atoms with Crippen LogP contribution in [-0.4, -0.2) is 25.8 Å². The zero-order valence-corrected chi connectivity index (χ0v) is 11.8. The summed E-state index contributed by atoms with van der Waals surface area (Å²) in [5.41, 5.74) is 1.26. The Morgan fingerprint density at radius 1 is 1.43 bits per heavy atom.